The van der Waals surface area contributed by atoms with E-state index in [9.17, 15) is 14.7 Å². The molecule has 2 amide bonds. The summed E-state index contributed by atoms with van der Waals surface area (Å²) in [4.78, 5) is 33.4. The van der Waals surface area contributed by atoms with Gasteiger partial charge in [-0.25, -0.2) is 14.6 Å². The van der Waals surface area contributed by atoms with Crippen molar-refractivity contribution in [3.8, 4) is 28.9 Å². The van der Waals surface area contributed by atoms with Crippen molar-refractivity contribution in [2.75, 3.05) is 13.6 Å². The first-order valence-electron chi connectivity index (χ1n) is 9.16. The quantitative estimate of drug-likeness (QED) is 0.610. The highest BCUT2D eigenvalue weighted by Gasteiger charge is 2.42. The first-order chi connectivity index (χ1) is 14.4. The Labute approximate surface area is 172 Å². The number of hydrogen-bond donors (Lipinski definition) is 2. The monoisotopic (exact) mass is 402 g/mol. The van der Waals surface area contributed by atoms with Gasteiger partial charge in [-0.1, -0.05) is 24.0 Å². The van der Waals surface area contributed by atoms with E-state index in [0.29, 0.717) is 29.2 Å². The minimum Gasteiger partial charge on any atom is -0.369 e. The Morgan fingerprint density at radius 3 is 2.83 bits per heavy atom. The number of pyridine rings is 1. The van der Waals surface area contributed by atoms with E-state index in [2.05, 4.69) is 26.9 Å². The topological polar surface area (TPSA) is 127 Å². The molecule has 1 saturated heterocycles. The zero-order valence-electron chi connectivity index (χ0n) is 16.1. The minimum absolute atomic E-state index is 0.0907. The molecule has 3 aromatic rings. The molecule has 4 rings (SSSR count). The number of likely N-dealkylation sites (N-methyl/N-ethyl adjacent to an activating group) is 1. The van der Waals surface area contributed by atoms with Crippen molar-refractivity contribution in [1.29, 1.82) is 0 Å². The highest BCUT2D eigenvalue weighted by Crippen LogP contribution is 2.22. The fourth-order valence-electron chi connectivity index (χ4n) is 3.16. The van der Waals surface area contributed by atoms with Crippen molar-refractivity contribution >= 4 is 11.8 Å². The molecule has 0 aliphatic carbocycles. The zero-order chi connectivity index (χ0) is 21.3. The first-order valence-corrected chi connectivity index (χ1v) is 9.16. The maximum atomic E-state index is 12.1. The molecule has 9 nitrogen and oxygen atoms in total. The second-order valence-corrected chi connectivity index (χ2v) is 6.92. The summed E-state index contributed by atoms with van der Waals surface area (Å²) in [5.74, 6) is 4.92. The van der Waals surface area contributed by atoms with Crippen LogP contribution in [0.1, 0.15) is 22.5 Å². The molecule has 1 fully saturated rings. The lowest BCUT2D eigenvalue weighted by atomic mass is 10.0. The summed E-state index contributed by atoms with van der Waals surface area (Å²) in [7, 11) is 1.64. The van der Waals surface area contributed by atoms with Gasteiger partial charge in [0.2, 0.25) is 5.60 Å². The highest BCUT2D eigenvalue weighted by molar-refractivity contribution is 5.94. The number of rotatable bonds is 3. The lowest BCUT2D eigenvalue weighted by Crippen LogP contribution is -2.37. The molecule has 9 heteroatoms. The summed E-state index contributed by atoms with van der Waals surface area (Å²) in [6.07, 6.45) is 3.21. The Bertz CT molecular complexity index is 1210. The van der Waals surface area contributed by atoms with Gasteiger partial charge in [-0.05, 0) is 24.3 Å². The summed E-state index contributed by atoms with van der Waals surface area (Å²) < 4.78 is 1.43. The van der Waals surface area contributed by atoms with Crippen molar-refractivity contribution < 1.29 is 14.7 Å². The van der Waals surface area contributed by atoms with E-state index in [1.165, 1.54) is 22.1 Å². The predicted octanol–water partition coefficient (Wildman–Crippen LogP) is 0.373. The van der Waals surface area contributed by atoms with E-state index in [0.717, 1.165) is 0 Å². The smallest absolute Gasteiger partial charge is 0.269 e. The fraction of sp³-hybridized carbons (Fsp3) is 0.190. The number of carbonyl (C=O) groups is 2. The molecule has 1 aliphatic heterocycles. The van der Waals surface area contributed by atoms with E-state index in [1.54, 1.807) is 37.4 Å². The summed E-state index contributed by atoms with van der Waals surface area (Å²) >= 11 is 0. The molecule has 1 aromatic carbocycles. The van der Waals surface area contributed by atoms with Gasteiger partial charge in [0.1, 0.15) is 6.33 Å². The average molecular weight is 402 g/mol. The van der Waals surface area contributed by atoms with E-state index in [4.69, 9.17) is 5.73 Å². The molecule has 1 aliphatic rings. The number of primary amides is 1. The number of likely N-dealkylation sites (tertiary alicyclic amines) is 1. The minimum atomic E-state index is -1.66. The number of hydrogen-bond acceptors (Lipinski definition) is 6. The summed E-state index contributed by atoms with van der Waals surface area (Å²) in [6, 6.07) is 10.5. The lowest BCUT2D eigenvalue weighted by molar-refractivity contribution is -0.137. The van der Waals surface area contributed by atoms with Crippen LogP contribution in [0.15, 0.2) is 48.9 Å². The Morgan fingerprint density at radius 1 is 1.27 bits per heavy atom. The van der Waals surface area contributed by atoms with Crippen molar-refractivity contribution in [2.24, 2.45) is 5.73 Å². The van der Waals surface area contributed by atoms with Gasteiger partial charge in [0.15, 0.2) is 11.5 Å². The maximum Gasteiger partial charge on any atom is 0.269 e. The largest absolute Gasteiger partial charge is 0.369 e. The van der Waals surface area contributed by atoms with E-state index >= 15 is 0 Å². The van der Waals surface area contributed by atoms with Crippen molar-refractivity contribution in [1.82, 2.24) is 24.6 Å². The molecule has 30 heavy (non-hydrogen) atoms. The molecular formula is C21H18N6O3. The standard InChI is InChI=1S/C21H18N6O3/c1-26-11-9-21(30,20(26)29)8-7-14-4-2-5-15(12-14)19-24-13-27(25-19)16-6-3-10-23-17(16)18(22)28/h2-6,10,12-13,30H,9,11H2,1H3,(H2,22,28)/t21-/m0/s1. The molecule has 0 radical (unpaired) electrons. The molecule has 0 spiro atoms. The lowest BCUT2D eigenvalue weighted by Gasteiger charge is -2.13. The van der Waals surface area contributed by atoms with Crippen LogP contribution in [0.4, 0.5) is 0 Å². The van der Waals surface area contributed by atoms with Gasteiger partial charge in [0, 0.05) is 37.3 Å². The SMILES string of the molecule is CN1CC[C@@](O)(C#Cc2cccc(-c3ncn(-c4cccnc4C(N)=O)n3)c2)C1=O. The summed E-state index contributed by atoms with van der Waals surface area (Å²) in [6.45, 7) is 0.465. The first kappa shape index (κ1) is 19.3. The fourth-order valence-corrected chi connectivity index (χ4v) is 3.16. The van der Waals surface area contributed by atoms with Crippen molar-refractivity contribution in [3.05, 3.63) is 60.2 Å². The van der Waals surface area contributed by atoms with E-state index in [1.807, 2.05) is 6.07 Å². The molecule has 3 N–H and O–H groups in total. The maximum absolute atomic E-state index is 12.1. The van der Waals surface area contributed by atoms with Gasteiger partial charge in [-0.15, -0.1) is 5.10 Å². The Balaban J connectivity index is 1.63. The van der Waals surface area contributed by atoms with Gasteiger partial charge < -0.3 is 15.7 Å². The number of aliphatic hydroxyl groups is 1. The van der Waals surface area contributed by atoms with Crippen LogP contribution in [0.2, 0.25) is 0 Å². The van der Waals surface area contributed by atoms with Gasteiger partial charge >= 0.3 is 0 Å². The second kappa shape index (κ2) is 7.42. The van der Waals surface area contributed by atoms with E-state index < -0.39 is 17.4 Å². The summed E-state index contributed by atoms with van der Waals surface area (Å²) in [5, 5.41) is 14.8. The van der Waals surface area contributed by atoms with Crippen LogP contribution in [0.25, 0.3) is 17.1 Å². The van der Waals surface area contributed by atoms with Crippen LogP contribution in [0.3, 0.4) is 0 Å². The zero-order valence-corrected chi connectivity index (χ0v) is 16.1. The third-order valence-corrected chi connectivity index (χ3v) is 4.80. The molecule has 0 bridgehead atoms. The number of aromatic nitrogens is 4. The summed E-state index contributed by atoms with van der Waals surface area (Å²) in [5.41, 5.74) is 5.53. The van der Waals surface area contributed by atoms with E-state index in [-0.39, 0.29) is 12.1 Å². The van der Waals surface area contributed by atoms with Gasteiger partial charge in [-0.2, -0.15) is 0 Å². The molecule has 1 atom stereocenters. The molecule has 0 saturated carbocycles. The third-order valence-electron chi connectivity index (χ3n) is 4.80. The second-order valence-electron chi connectivity index (χ2n) is 6.92. The van der Waals surface area contributed by atoms with Crippen LogP contribution >= 0.6 is 0 Å². The number of nitrogens with zero attached hydrogens (tertiary/aromatic N) is 5. The number of benzene rings is 1. The molecule has 150 valence electrons. The van der Waals surface area contributed by atoms with Crippen LogP contribution in [-0.4, -0.2) is 60.8 Å². The van der Waals surface area contributed by atoms with Crippen LogP contribution < -0.4 is 5.73 Å². The third kappa shape index (κ3) is 3.52. The van der Waals surface area contributed by atoms with Crippen molar-refractivity contribution in [3.63, 3.8) is 0 Å². The molecule has 0 unspecified atom stereocenters. The average Bonchev–Trinajstić information content (AvgIpc) is 3.34. The number of amides is 2. The Hall–Kier alpha value is -4.03. The van der Waals surface area contributed by atoms with Crippen LogP contribution in [0.5, 0.6) is 0 Å². The van der Waals surface area contributed by atoms with Crippen LogP contribution in [0, 0.1) is 11.8 Å². The highest BCUT2D eigenvalue weighted by atomic mass is 16.3. The normalized spacial score (nSPS) is 18.2. The Morgan fingerprint density at radius 2 is 2.10 bits per heavy atom. The molecule has 2 aromatic heterocycles. The van der Waals surface area contributed by atoms with Gasteiger partial charge in [0.25, 0.3) is 11.8 Å². The van der Waals surface area contributed by atoms with Crippen molar-refractivity contribution in [2.45, 2.75) is 12.0 Å². The molecular weight excluding hydrogens is 384 g/mol. The Kier molecular flexibility index (Phi) is 4.77. The van der Waals surface area contributed by atoms with Crippen LogP contribution in [-0.2, 0) is 4.79 Å². The van der Waals surface area contributed by atoms with Gasteiger partial charge in [-0.3, -0.25) is 9.59 Å². The number of carbonyl (C=O) groups excluding carboxylic acids is 2. The predicted molar refractivity (Wildman–Crippen MR) is 107 cm³/mol. The molecule has 3 heterocycles. The number of nitrogens with two attached hydrogens (primary N) is 1. The van der Waals surface area contributed by atoms with Gasteiger partial charge in [0.05, 0.1) is 5.69 Å².